The lowest BCUT2D eigenvalue weighted by molar-refractivity contribution is -0.168. The Hall–Kier alpha value is -2.98. The van der Waals surface area contributed by atoms with Crippen LogP contribution in [-0.2, 0) is 24.3 Å². The van der Waals surface area contributed by atoms with E-state index in [-0.39, 0.29) is 23.5 Å². The number of carbonyl (C=O) groups is 2. The van der Waals surface area contributed by atoms with Crippen molar-refractivity contribution in [1.29, 1.82) is 0 Å². The second-order valence-electron chi connectivity index (χ2n) is 13.3. The van der Waals surface area contributed by atoms with E-state index in [0.717, 1.165) is 29.2 Å². The molecule has 5 rings (SSSR count). The number of sulfonamides is 1. The van der Waals surface area contributed by atoms with Crippen molar-refractivity contribution in [2.75, 3.05) is 45.0 Å². The first-order valence-corrected chi connectivity index (χ1v) is 17.8. The second-order valence-corrected chi connectivity index (χ2v) is 15.7. The lowest BCUT2D eigenvalue weighted by Gasteiger charge is -2.45. The molecule has 2 heterocycles. The van der Waals surface area contributed by atoms with Crippen LogP contribution in [0.3, 0.4) is 0 Å². The van der Waals surface area contributed by atoms with Crippen LogP contribution in [0.1, 0.15) is 52.0 Å². The van der Waals surface area contributed by atoms with Crippen LogP contribution in [0.15, 0.2) is 66.8 Å². The van der Waals surface area contributed by atoms with Crippen LogP contribution in [0, 0.1) is 5.92 Å². The Labute approximate surface area is 272 Å². The van der Waals surface area contributed by atoms with Gasteiger partial charge in [-0.25, -0.2) is 13.2 Å². The molecule has 1 unspecified atom stereocenters. The third-order valence-electron chi connectivity index (χ3n) is 8.87. The van der Waals surface area contributed by atoms with E-state index in [2.05, 4.69) is 4.90 Å². The molecule has 0 bridgehead atoms. The van der Waals surface area contributed by atoms with E-state index < -0.39 is 21.2 Å². The minimum atomic E-state index is -3.48. The van der Waals surface area contributed by atoms with E-state index in [4.69, 9.17) is 16.3 Å². The summed E-state index contributed by atoms with van der Waals surface area (Å²) in [5, 5.41) is 2.75. The van der Waals surface area contributed by atoms with Gasteiger partial charge in [0.1, 0.15) is 11.1 Å². The van der Waals surface area contributed by atoms with Crippen LogP contribution in [0.4, 0.5) is 0 Å². The minimum absolute atomic E-state index is 0.0744. The zero-order chi connectivity index (χ0) is 32.2. The maximum Gasteiger partial charge on any atom is 0.331 e. The quantitative estimate of drug-likeness (QED) is 0.341. The van der Waals surface area contributed by atoms with Gasteiger partial charge in [-0.3, -0.25) is 9.69 Å². The SMILES string of the molecule is CC(C)(C)OC(=O)C1(N2CCC(CC(=O)N3CCN(S(=O)(=O)CC=Cc4ccc5cc(Cl)ccc5c4)CC3)CC2)C=CC=CC1. The van der Waals surface area contributed by atoms with Gasteiger partial charge >= 0.3 is 5.97 Å². The number of rotatable bonds is 8. The molecular formula is C35H44ClN3O5S. The van der Waals surface area contributed by atoms with Crippen molar-refractivity contribution in [3.05, 3.63) is 77.4 Å². The average molecular weight is 654 g/mol. The number of benzene rings is 2. The molecule has 2 aromatic carbocycles. The van der Waals surface area contributed by atoms with Crippen molar-refractivity contribution in [1.82, 2.24) is 14.1 Å². The summed E-state index contributed by atoms with van der Waals surface area (Å²) < 4.78 is 33.4. The summed E-state index contributed by atoms with van der Waals surface area (Å²) in [5.41, 5.74) is -0.455. The van der Waals surface area contributed by atoms with Gasteiger partial charge in [0.15, 0.2) is 0 Å². The third kappa shape index (κ3) is 8.25. The van der Waals surface area contributed by atoms with Gasteiger partial charge in [0.05, 0.1) is 5.75 Å². The maximum absolute atomic E-state index is 13.3. The molecule has 3 aliphatic rings. The van der Waals surface area contributed by atoms with Gasteiger partial charge in [0.25, 0.3) is 0 Å². The number of fused-ring (bicyclic) bond motifs is 1. The molecule has 1 aliphatic carbocycles. The first-order chi connectivity index (χ1) is 21.3. The highest BCUT2D eigenvalue weighted by molar-refractivity contribution is 7.89. The monoisotopic (exact) mass is 653 g/mol. The van der Waals surface area contributed by atoms with Crippen LogP contribution >= 0.6 is 11.6 Å². The number of ether oxygens (including phenoxy) is 1. The number of likely N-dealkylation sites (tertiary alicyclic amines) is 1. The molecule has 10 heteroatoms. The highest BCUT2D eigenvalue weighted by Gasteiger charge is 2.45. The van der Waals surface area contributed by atoms with Gasteiger partial charge in [-0.15, -0.1) is 0 Å². The normalized spacial score (nSPS) is 22.4. The number of piperidine rings is 1. The number of piperazine rings is 1. The molecule has 242 valence electrons. The Morgan fingerprint density at radius 1 is 0.978 bits per heavy atom. The molecule has 1 atom stereocenters. The molecule has 0 aromatic heterocycles. The predicted molar refractivity (Wildman–Crippen MR) is 180 cm³/mol. The highest BCUT2D eigenvalue weighted by Crippen LogP contribution is 2.34. The molecule has 8 nitrogen and oxygen atoms in total. The van der Waals surface area contributed by atoms with Crippen molar-refractivity contribution < 1.29 is 22.7 Å². The number of nitrogens with zero attached hydrogens (tertiary/aromatic N) is 3. The van der Waals surface area contributed by atoms with E-state index in [1.165, 1.54) is 4.31 Å². The van der Waals surface area contributed by atoms with E-state index in [1.54, 1.807) is 11.0 Å². The van der Waals surface area contributed by atoms with Crippen molar-refractivity contribution in [3.8, 4) is 0 Å². The number of hydrogen-bond acceptors (Lipinski definition) is 6. The lowest BCUT2D eigenvalue weighted by Crippen LogP contribution is -2.58. The fourth-order valence-electron chi connectivity index (χ4n) is 6.37. The Kier molecular flexibility index (Phi) is 10.2. The van der Waals surface area contributed by atoms with Gasteiger partial charge in [-0.1, -0.05) is 66.3 Å². The van der Waals surface area contributed by atoms with Crippen molar-refractivity contribution >= 4 is 50.3 Å². The Morgan fingerprint density at radius 3 is 2.33 bits per heavy atom. The predicted octanol–water partition coefficient (Wildman–Crippen LogP) is 5.68. The molecule has 2 saturated heterocycles. The number of allylic oxidation sites excluding steroid dienone is 2. The first-order valence-electron chi connectivity index (χ1n) is 15.8. The van der Waals surface area contributed by atoms with Gasteiger partial charge in [0, 0.05) is 37.6 Å². The molecule has 1 amide bonds. The van der Waals surface area contributed by atoms with Gasteiger partial charge in [-0.05, 0) is 93.6 Å². The van der Waals surface area contributed by atoms with Crippen LogP contribution in [0.2, 0.25) is 5.02 Å². The van der Waals surface area contributed by atoms with E-state index in [0.29, 0.717) is 57.1 Å². The minimum Gasteiger partial charge on any atom is -0.458 e. The molecule has 45 heavy (non-hydrogen) atoms. The number of hydrogen-bond donors (Lipinski definition) is 0. The summed E-state index contributed by atoms with van der Waals surface area (Å²) in [6, 6.07) is 11.6. The van der Waals surface area contributed by atoms with Crippen molar-refractivity contribution in [2.45, 2.75) is 57.6 Å². The third-order valence-corrected chi connectivity index (χ3v) is 10.9. The van der Waals surface area contributed by atoms with Crippen LogP contribution in [0.25, 0.3) is 16.8 Å². The summed E-state index contributed by atoms with van der Waals surface area (Å²) in [6.07, 6.45) is 14.0. The largest absolute Gasteiger partial charge is 0.458 e. The first kappa shape index (κ1) is 33.4. The molecule has 0 radical (unpaired) electrons. The van der Waals surface area contributed by atoms with Gasteiger partial charge < -0.3 is 9.64 Å². The zero-order valence-corrected chi connectivity index (χ0v) is 28.0. The Bertz CT molecular complexity index is 1600. The lowest BCUT2D eigenvalue weighted by atomic mass is 9.84. The summed E-state index contributed by atoms with van der Waals surface area (Å²) in [6.45, 7) is 8.47. The van der Waals surface area contributed by atoms with Crippen molar-refractivity contribution in [3.63, 3.8) is 0 Å². The fourth-order valence-corrected chi connectivity index (χ4v) is 7.82. The Morgan fingerprint density at radius 2 is 1.67 bits per heavy atom. The van der Waals surface area contributed by atoms with Gasteiger partial charge in [0.2, 0.25) is 15.9 Å². The van der Waals surface area contributed by atoms with E-state index in [1.807, 2.05) is 87.5 Å². The number of halogens is 1. The molecule has 2 aliphatic heterocycles. The number of carbonyl (C=O) groups excluding carboxylic acids is 2. The highest BCUT2D eigenvalue weighted by atomic mass is 35.5. The fraction of sp³-hybridized carbons (Fsp3) is 0.486. The molecule has 0 spiro atoms. The summed E-state index contributed by atoms with van der Waals surface area (Å²) in [5.74, 6) is -0.0155. The second kappa shape index (κ2) is 13.8. The molecule has 2 aromatic rings. The molecule has 0 N–H and O–H groups in total. The average Bonchev–Trinajstić information content (AvgIpc) is 3.01. The van der Waals surface area contributed by atoms with Crippen LogP contribution < -0.4 is 0 Å². The van der Waals surface area contributed by atoms with E-state index >= 15 is 0 Å². The molecular weight excluding hydrogens is 610 g/mol. The van der Waals surface area contributed by atoms with Crippen LogP contribution in [0.5, 0.6) is 0 Å². The van der Waals surface area contributed by atoms with Gasteiger partial charge in [-0.2, -0.15) is 4.31 Å². The molecule has 0 saturated carbocycles. The zero-order valence-electron chi connectivity index (χ0n) is 26.5. The smallest absolute Gasteiger partial charge is 0.331 e. The van der Waals surface area contributed by atoms with Crippen LogP contribution in [-0.4, -0.2) is 90.6 Å². The summed E-state index contributed by atoms with van der Waals surface area (Å²) >= 11 is 6.07. The topological polar surface area (TPSA) is 87.2 Å². The maximum atomic E-state index is 13.3. The number of esters is 1. The standard InChI is InChI=1S/C35H44ClN3O5S/c1-34(2,3)44-33(41)35(15-5-4-6-16-35)38-17-13-28(14-18-38)25-32(40)37-19-21-39(22-20-37)45(42,43)23-7-8-27-9-10-30-26-31(36)12-11-29(30)24-27/h4-12,15,24,26,28H,13-14,16-23,25H2,1-3H3. The van der Waals surface area contributed by atoms with Crippen molar-refractivity contribution in [2.24, 2.45) is 5.92 Å². The Balaban J connectivity index is 1.08. The molecule has 2 fully saturated rings. The summed E-state index contributed by atoms with van der Waals surface area (Å²) in [7, 11) is -3.48. The number of amides is 1. The summed E-state index contributed by atoms with van der Waals surface area (Å²) in [4.78, 5) is 30.5. The van der Waals surface area contributed by atoms with E-state index in [9.17, 15) is 18.0 Å².